The van der Waals surface area contributed by atoms with E-state index in [1.807, 2.05) is 0 Å². The second-order valence-electron chi connectivity index (χ2n) is 2.57. The third kappa shape index (κ3) is 2.09. The third-order valence-corrected chi connectivity index (χ3v) is 3.82. The van der Waals surface area contributed by atoms with E-state index in [0.29, 0.717) is 12.6 Å². The summed E-state index contributed by atoms with van der Waals surface area (Å²) in [5.74, 6) is 0. The Balaban J connectivity index is 2.30. The molecule has 1 aliphatic heterocycles. The molecule has 0 bridgehead atoms. The van der Waals surface area contributed by atoms with Crippen LogP contribution in [0, 0.1) is 0 Å². The predicted octanol–water partition coefficient (Wildman–Crippen LogP) is -0.351. The summed E-state index contributed by atoms with van der Waals surface area (Å²) in [5.41, 5.74) is 0. The van der Waals surface area contributed by atoms with Crippen molar-refractivity contribution in [2.24, 2.45) is 0 Å². The summed E-state index contributed by atoms with van der Waals surface area (Å²) < 4.78 is 2.37. The van der Waals surface area contributed by atoms with Crippen LogP contribution in [0.5, 0.6) is 0 Å². The SMILES string of the molecule is OCC1CCCC[N]1[SnH]. The van der Waals surface area contributed by atoms with Crippen molar-refractivity contribution in [2.45, 2.75) is 25.3 Å². The van der Waals surface area contributed by atoms with Gasteiger partial charge in [-0.15, -0.1) is 0 Å². The number of hydrogen-bond donors (Lipinski definition) is 1. The predicted molar refractivity (Wildman–Crippen MR) is 38.6 cm³/mol. The van der Waals surface area contributed by atoms with Gasteiger partial charge in [-0.1, -0.05) is 0 Å². The Bertz CT molecular complexity index is 89.1. The summed E-state index contributed by atoms with van der Waals surface area (Å²) in [4.78, 5) is 0. The second-order valence-corrected chi connectivity index (χ2v) is 4.46. The van der Waals surface area contributed by atoms with Gasteiger partial charge in [0.05, 0.1) is 0 Å². The average Bonchev–Trinajstić information content (AvgIpc) is 1.89. The van der Waals surface area contributed by atoms with Crippen LogP contribution in [0.15, 0.2) is 0 Å². The van der Waals surface area contributed by atoms with Gasteiger partial charge in [0.15, 0.2) is 0 Å². The molecule has 9 heavy (non-hydrogen) atoms. The van der Waals surface area contributed by atoms with Crippen molar-refractivity contribution < 1.29 is 5.11 Å². The number of aliphatic hydroxyl groups is 1. The van der Waals surface area contributed by atoms with Crippen LogP contribution in [0.4, 0.5) is 0 Å². The van der Waals surface area contributed by atoms with Crippen LogP contribution >= 0.6 is 0 Å². The van der Waals surface area contributed by atoms with Gasteiger partial charge in [0.25, 0.3) is 0 Å². The van der Waals surface area contributed by atoms with E-state index in [2.05, 4.69) is 3.12 Å². The van der Waals surface area contributed by atoms with Gasteiger partial charge in [0.2, 0.25) is 0 Å². The Morgan fingerprint density at radius 2 is 2.33 bits per heavy atom. The molecule has 3 heteroatoms. The number of rotatable bonds is 1. The monoisotopic (exact) mass is 235 g/mol. The Morgan fingerprint density at radius 1 is 1.56 bits per heavy atom. The Kier molecular flexibility index (Phi) is 3.29. The molecule has 0 aromatic heterocycles. The maximum absolute atomic E-state index is 8.84. The first-order chi connectivity index (χ1) is 4.34. The van der Waals surface area contributed by atoms with E-state index in [1.54, 1.807) is 0 Å². The number of aliphatic hydroxyl groups excluding tert-OH is 1. The van der Waals surface area contributed by atoms with E-state index in [9.17, 15) is 0 Å². The van der Waals surface area contributed by atoms with E-state index >= 15 is 0 Å². The Morgan fingerprint density at radius 3 is 2.78 bits per heavy atom. The molecule has 1 N–H and O–H groups in total. The molecule has 2 radical (unpaired) electrons. The van der Waals surface area contributed by atoms with E-state index in [0.717, 1.165) is 0 Å². The van der Waals surface area contributed by atoms with E-state index in [4.69, 9.17) is 5.11 Å². The van der Waals surface area contributed by atoms with Crippen molar-refractivity contribution in [1.82, 2.24) is 3.12 Å². The van der Waals surface area contributed by atoms with Gasteiger partial charge in [-0.2, -0.15) is 0 Å². The van der Waals surface area contributed by atoms with Crippen LogP contribution in [0.3, 0.4) is 0 Å². The van der Waals surface area contributed by atoms with Crippen molar-refractivity contribution in [3.05, 3.63) is 0 Å². The molecule has 0 amide bonds. The van der Waals surface area contributed by atoms with E-state index in [-0.39, 0.29) is 0 Å². The van der Waals surface area contributed by atoms with Gasteiger partial charge in [0.1, 0.15) is 0 Å². The fraction of sp³-hybridized carbons (Fsp3) is 1.00. The second kappa shape index (κ2) is 3.78. The molecule has 0 spiro atoms. The van der Waals surface area contributed by atoms with Crippen LogP contribution in [0.1, 0.15) is 19.3 Å². The topological polar surface area (TPSA) is 23.5 Å². The zero-order valence-electron chi connectivity index (χ0n) is 5.58. The zero-order valence-corrected chi connectivity index (χ0v) is 8.88. The average molecular weight is 234 g/mol. The van der Waals surface area contributed by atoms with Crippen molar-refractivity contribution in [1.29, 1.82) is 0 Å². The molecule has 1 aliphatic rings. The normalized spacial score (nSPS) is 30.7. The maximum atomic E-state index is 8.84. The minimum atomic E-state index is 0.362. The van der Waals surface area contributed by atoms with Gasteiger partial charge in [-0.3, -0.25) is 0 Å². The molecule has 1 saturated heterocycles. The van der Waals surface area contributed by atoms with Crippen molar-refractivity contribution in [3.63, 3.8) is 0 Å². The van der Waals surface area contributed by atoms with Crippen LogP contribution in [0.25, 0.3) is 0 Å². The molecule has 0 aromatic carbocycles. The van der Waals surface area contributed by atoms with Crippen LogP contribution in [-0.2, 0) is 0 Å². The fourth-order valence-corrected chi connectivity index (χ4v) is 2.43. The molecular weight excluding hydrogens is 221 g/mol. The van der Waals surface area contributed by atoms with E-state index < -0.39 is 0 Å². The zero-order chi connectivity index (χ0) is 6.69. The molecular formula is C6H13NOSn. The summed E-state index contributed by atoms with van der Waals surface area (Å²) in [6.45, 7) is 1.58. The molecule has 1 heterocycles. The molecule has 1 atom stereocenters. The van der Waals surface area contributed by atoms with Crippen molar-refractivity contribution in [3.8, 4) is 0 Å². The molecule has 0 aromatic rings. The van der Waals surface area contributed by atoms with Gasteiger partial charge in [0, 0.05) is 0 Å². The van der Waals surface area contributed by atoms with Gasteiger partial charge >= 0.3 is 69.5 Å². The molecule has 52 valence electrons. The van der Waals surface area contributed by atoms with Crippen LogP contribution in [0.2, 0.25) is 0 Å². The first-order valence-corrected chi connectivity index (χ1v) is 4.94. The summed E-state index contributed by atoms with van der Waals surface area (Å²) in [7, 11) is 0. The summed E-state index contributed by atoms with van der Waals surface area (Å²) in [5, 5.41) is 8.84. The minimum absolute atomic E-state index is 0.362. The first kappa shape index (κ1) is 7.82. The van der Waals surface area contributed by atoms with Gasteiger partial charge < -0.3 is 0 Å². The molecule has 2 nitrogen and oxygen atoms in total. The Labute approximate surface area is 69.7 Å². The first-order valence-electron chi connectivity index (χ1n) is 3.47. The van der Waals surface area contributed by atoms with Crippen molar-refractivity contribution in [2.75, 3.05) is 13.2 Å². The Hall–Kier alpha value is 0.719. The standard InChI is InChI=1S/C6H12NO.Sn.H/c8-5-6-3-1-2-4-7-6;;/h6,8H,1-5H2;;/q-1;+1;. The summed E-state index contributed by atoms with van der Waals surface area (Å²) in [6.07, 6.45) is 3.85. The molecule has 0 aliphatic carbocycles. The van der Waals surface area contributed by atoms with Crippen LogP contribution in [-0.4, -0.2) is 50.2 Å². The van der Waals surface area contributed by atoms with Gasteiger partial charge in [-0.05, 0) is 0 Å². The summed E-state index contributed by atoms with van der Waals surface area (Å²) >= 11 is 1.18. The summed E-state index contributed by atoms with van der Waals surface area (Å²) in [6, 6.07) is 0.501. The third-order valence-electron chi connectivity index (χ3n) is 1.88. The molecule has 1 fully saturated rings. The van der Waals surface area contributed by atoms with Crippen molar-refractivity contribution >= 4 is 22.8 Å². The fourth-order valence-electron chi connectivity index (χ4n) is 1.22. The van der Waals surface area contributed by atoms with Crippen LogP contribution < -0.4 is 0 Å². The molecule has 1 unspecified atom stereocenters. The quantitative estimate of drug-likeness (QED) is 0.626. The van der Waals surface area contributed by atoms with E-state index in [1.165, 1.54) is 48.6 Å². The number of hydrogen-bond acceptors (Lipinski definition) is 2. The molecule has 0 saturated carbocycles. The number of piperidine rings is 1. The van der Waals surface area contributed by atoms with Gasteiger partial charge in [-0.25, -0.2) is 0 Å². The molecule has 1 rings (SSSR count). The number of nitrogens with zero attached hydrogens (tertiary/aromatic N) is 1.